The van der Waals surface area contributed by atoms with E-state index in [9.17, 15) is 4.79 Å². The highest BCUT2D eigenvalue weighted by molar-refractivity contribution is 5.85. The molecule has 0 spiro atoms. The van der Waals surface area contributed by atoms with E-state index in [1.165, 1.54) is 12.8 Å². The third-order valence-corrected chi connectivity index (χ3v) is 3.03. The van der Waals surface area contributed by atoms with Crippen LogP contribution in [0.2, 0.25) is 0 Å². The second-order valence-electron chi connectivity index (χ2n) is 5.30. The van der Waals surface area contributed by atoms with Crippen molar-refractivity contribution in [2.24, 2.45) is 5.92 Å². The summed E-state index contributed by atoms with van der Waals surface area (Å²) < 4.78 is 5.41. The molecule has 4 nitrogen and oxygen atoms in total. The molecule has 1 saturated heterocycles. The minimum atomic E-state index is -0.309. The van der Waals surface area contributed by atoms with E-state index in [4.69, 9.17) is 4.74 Å². The molecular weight excluding hydrogens is 252 g/mol. The number of rotatable bonds is 6. The van der Waals surface area contributed by atoms with Crippen LogP contribution >= 0.6 is 12.4 Å². The summed E-state index contributed by atoms with van der Waals surface area (Å²) >= 11 is 0. The van der Waals surface area contributed by atoms with Gasteiger partial charge in [0.15, 0.2) is 0 Å². The van der Waals surface area contributed by atoms with E-state index >= 15 is 0 Å². The first-order valence-electron chi connectivity index (χ1n) is 6.72. The molecule has 0 aliphatic carbocycles. The Morgan fingerprint density at radius 2 is 2.11 bits per heavy atom. The van der Waals surface area contributed by atoms with Gasteiger partial charge in [-0.1, -0.05) is 26.7 Å². The predicted molar refractivity (Wildman–Crippen MR) is 76.2 cm³/mol. The largest absolute Gasteiger partial charge is 0.366 e. The molecule has 2 N–H and O–H groups in total. The Kier molecular flexibility index (Phi) is 9.42. The molecule has 0 aromatic carbocycles. The van der Waals surface area contributed by atoms with Crippen LogP contribution in [0, 0.1) is 5.92 Å². The number of ether oxygens (including phenoxy) is 1. The number of nitrogens with one attached hydrogen (secondary N) is 2. The lowest BCUT2D eigenvalue weighted by molar-refractivity contribution is -0.134. The van der Waals surface area contributed by atoms with Crippen molar-refractivity contribution >= 4 is 18.3 Å². The smallest absolute Gasteiger partial charge is 0.250 e. The van der Waals surface area contributed by atoms with Crippen molar-refractivity contribution in [2.45, 2.75) is 52.2 Å². The van der Waals surface area contributed by atoms with Crippen molar-refractivity contribution in [1.82, 2.24) is 10.6 Å². The molecule has 0 aromatic rings. The average Bonchev–Trinajstić information content (AvgIpc) is 2.29. The first kappa shape index (κ1) is 17.7. The first-order valence-corrected chi connectivity index (χ1v) is 6.72. The van der Waals surface area contributed by atoms with E-state index in [1.54, 1.807) is 0 Å². The van der Waals surface area contributed by atoms with Crippen molar-refractivity contribution in [3.05, 3.63) is 0 Å². The summed E-state index contributed by atoms with van der Waals surface area (Å²) in [5.74, 6) is 0.762. The highest BCUT2D eigenvalue weighted by Gasteiger charge is 2.22. The lowest BCUT2D eigenvalue weighted by Gasteiger charge is -2.24. The van der Waals surface area contributed by atoms with Crippen LogP contribution < -0.4 is 10.6 Å². The fourth-order valence-corrected chi connectivity index (χ4v) is 1.97. The highest BCUT2D eigenvalue weighted by atomic mass is 35.5. The second-order valence-corrected chi connectivity index (χ2v) is 5.30. The van der Waals surface area contributed by atoms with Gasteiger partial charge in [0.1, 0.15) is 6.10 Å². The van der Waals surface area contributed by atoms with Gasteiger partial charge in [-0.05, 0) is 19.3 Å². The van der Waals surface area contributed by atoms with E-state index in [2.05, 4.69) is 31.4 Å². The van der Waals surface area contributed by atoms with Gasteiger partial charge in [0.05, 0.1) is 6.61 Å². The summed E-state index contributed by atoms with van der Waals surface area (Å²) in [4.78, 5) is 11.8. The molecule has 2 atom stereocenters. The maximum Gasteiger partial charge on any atom is 0.250 e. The Hall–Kier alpha value is -0.320. The van der Waals surface area contributed by atoms with Gasteiger partial charge in [-0.25, -0.2) is 0 Å². The van der Waals surface area contributed by atoms with E-state index in [0.717, 1.165) is 18.9 Å². The minimum Gasteiger partial charge on any atom is -0.366 e. The lowest BCUT2D eigenvalue weighted by Crippen LogP contribution is -2.49. The quantitative estimate of drug-likeness (QED) is 0.778. The zero-order valence-corrected chi connectivity index (χ0v) is 12.5. The third kappa shape index (κ3) is 7.19. The molecule has 0 radical (unpaired) electrons. The van der Waals surface area contributed by atoms with Crippen molar-refractivity contribution in [1.29, 1.82) is 0 Å². The number of hydrogen-bond acceptors (Lipinski definition) is 3. The van der Waals surface area contributed by atoms with Gasteiger partial charge >= 0.3 is 0 Å². The van der Waals surface area contributed by atoms with E-state index in [-0.39, 0.29) is 30.5 Å². The van der Waals surface area contributed by atoms with Gasteiger partial charge in [0.2, 0.25) is 0 Å². The monoisotopic (exact) mass is 278 g/mol. The fourth-order valence-electron chi connectivity index (χ4n) is 1.97. The summed E-state index contributed by atoms with van der Waals surface area (Å²) in [6.45, 7) is 8.61. The molecule has 1 aliphatic heterocycles. The standard InChI is InChI=1S/C13H26N2O2.ClH/c1-10(2)5-4-6-11(3)15-13(16)12-9-14-7-8-17-12;/h10-12,14H,4-9H2,1-3H3,(H,15,16);1H. The Labute approximate surface area is 117 Å². The highest BCUT2D eigenvalue weighted by Crippen LogP contribution is 2.08. The van der Waals surface area contributed by atoms with Crippen molar-refractivity contribution in [2.75, 3.05) is 19.7 Å². The number of carbonyl (C=O) groups is 1. The van der Waals surface area contributed by atoms with Crippen LogP contribution in [-0.2, 0) is 9.53 Å². The van der Waals surface area contributed by atoms with Crippen LogP contribution in [0.15, 0.2) is 0 Å². The molecular formula is C13H27ClN2O2. The van der Waals surface area contributed by atoms with Crippen molar-refractivity contribution in [3.8, 4) is 0 Å². The molecule has 0 bridgehead atoms. The summed E-state index contributed by atoms with van der Waals surface area (Å²) in [5, 5.41) is 6.18. The van der Waals surface area contributed by atoms with Gasteiger partial charge in [-0.2, -0.15) is 0 Å². The Morgan fingerprint density at radius 1 is 1.39 bits per heavy atom. The van der Waals surface area contributed by atoms with Crippen LogP contribution in [0.3, 0.4) is 0 Å². The predicted octanol–water partition coefficient (Wildman–Crippen LogP) is 1.73. The third-order valence-electron chi connectivity index (χ3n) is 3.03. The molecule has 1 aliphatic rings. The SMILES string of the molecule is CC(C)CCCC(C)NC(=O)C1CNCCO1.Cl. The molecule has 18 heavy (non-hydrogen) atoms. The van der Waals surface area contributed by atoms with Crippen LogP contribution in [0.5, 0.6) is 0 Å². The number of carbonyl (C=O) groups excluding carboxylic acids is 1. The normalized spacial score (nSPS) is 21.2. The second kappa shape index (κ2) is 9.59. The molecule has 2 unspecified atom stereocenters. The van der Waals surface area contributed by atoms with Crippen LogP contribution in [0.4, 0.5) is 0 Å². The van der Waals surface area contributed by atoms with Gasteiger partial charge in [0.25, 0.3) is 5.91 Å². The molecule has 5 heteroatoms. The molecule has 1 fully saturated rings. The van der Waals surface area contributed by atoms with E-state index < -0.39 is 0 Å². The van der Waals surface area contributed by atoms with Crippen molar-refractivity contribution < 1.29 is 9.53 Å². The molecule has 1 rings (SSSR count). The maximum atomic E-state index is 11.8. The topological polar surface area (TPSA) is 50.4 Å². The zero-order chi connectivity index (χ0) is 12.7. The molecule has 108 valence electrons. The van der Waals surface area contributed by atoms with E-state index in [0.29, 0.717) is 13.2 Å². The van der Waals surface area contributed by atoms with Crippen molar-refractivity contribution in [3.63, 3.8) is 0 Å². The van der Waals surface area contributed by atoms with Crippen LogP contribution in [0.1, 0.15) is 40.0 Å². The number of amides is 1. The number of morpholine rings is 1. The van der Waals surface area contributed by atoms with Crippen LogP contribution in [-0.4, -0.2) is 37.7 Å². The lowest BCUT2D eigenvalue weighted by atomic mass is 10.0. The van der Waals surface area contributed by atoms with Gasteiger partial charge in [-0.15, -0.1) is 12.4 Å². The number of hydrogen-bond donors (Lipinski definition) is 2. The minimum absolute atomic E-state index is 0. The van der Waals surface area contributed by atoms with Gasteiger partial charge < -0.3 is 15.4 Å². The Morgan fingerprint density at radius 3 is 2.67 bits per heavy atom. The Bertz CT molecular complexity index is 231. The summed E-state index contributed by atoms with van der Waals surface area (Å²) in [7, 11) is 0. The molecule has 0 aromatic heterocycles. The van der Waals surface area contributed by atoms with Gasteiger partial charge in [0, 0.05) is 19.1 Å². The zero-order valence-electron chi connectivity index (χ0n) is 11.7. The first-order chi connectivity index (χ1) is 8.09. The Balaban J connectivity index is 0.00000289. The molecule has 1 amide bonds. The number of halogens is 1. The summed E-state index contributed by atoms with van der Waals surface area (Å²) in [5.41, 5.74) is 0. The van der Waals surface area contributed by atoms with E-state index in [1.807, 2.05) is 0 Å². The summed E-state index contributed by atoms with van der Waals surface area (Å²) in [6, 6.07) is 0.242. The van der Waals surface area contributed by atoms with Crippen LogP contribution in [0.25, 0.3) is 0 Å². The van der Waals surface area contributed by atoms with Gasteiger partial charge in [-0.3, -0.25) is 4.79 Å². The molecule has 1 heterocycles. The molecule has 0 saturated carbocycles. The summed E-state index contributed by atoms with van der Waals surface area (Å²) in [6.07, 6.45) is 3.13. The fraction of sp³-hybridized carbons (Fsp3) is 0.923. The maximum absolute atomic E-state index is 11.8. The average molecular weight is 279 g/mol.